The summed E-state index contributed by atoms with van der Waals surface area (Å²) in [6.07, 6.45) is 2.48. The molecule has 0 radical (unpaired) electrons. The monoisotopic (exact) mass is 249 g/mol. The fourth-order valence-corrected chi connectivity index (χ4v) is 1.66. The van der Waals surface area contributed by atoms with Gasteiger partial charge in [0.25, 0.3) is 5.69 Å². The molecule has 0 aliphatic carbocycles. The van der Waals surface area contributed by atoms with E-state index in [0.29, 0.717) is 5.56 Å². The number of nitro benzene ring substituents is 1. The SMILES string of the molecule is O=CC1([N+](=O)[O-])C=Cc2cccc([N+](=O)[O-])c2N1. The number of benzene rings is 1. The van der Waals surface area contributed by atoms with Crippen LogP contribution in [-0.2, 0) is 4.79 Å². The average molecular weight is 249 g/mol. The van der Waals surface area contributed by atoms with E-state index in [4.69, 9.17) is 0 Å². The summed E-state index contributed by atoms with van der Waals surface area (Å²) in [5.41, 5.74) is -2.08. The first kappa shape index (κ1) is 11.7. The van der Waals surface area contributed by atoms with Crippen LogP contribution in [0.2, 0.25) is 0 Å². The number of anilines is 1. The smallest absolute Gasteiger partial charge is 0.305 e. The van der Waals surface area contributed by atoms with E-state index in [2.05, 4.69) is 5.32 Å². The zero-order valence-electron chi connectivity index (χ0n) is 8.90. The van der Waals surface area contributed by atoms with Crippen molar-refractivity contribution in [2.24, 2.45) is 0 Å². The summed E-state index contributed by atoms with van der Waals surface area (Å²) in [4.78, 5) is 31.1. The minimum Gasteiger partial charge on any atom is -0.305 e. The number of para-hydroxylation sites is 1. The van der Waals surface area contributed by atoms with Crippen molar-refractivity contribution in [2.45, 2.75) is 5.66 Å². The van der Waals surface area contributed by atoms with Gasteiger partial charge in [0.15, 0.2) is 0 Å². The summed E-state index contributed by atoms with van der Waals surface area (Å²) >= 11 is 0. The quantitative estimate of drug-likeness (QED) is 0.489. The first-order chi connectivity index (χ1) is 8.50. The molecular weight excluding hydrogens is 242 g/mol. The van der Waals surface area contributed by atoms with Crippen LogP contribution >= 0.6 is 0 Å². The van der Waals surface area contributed by atoms with Crippen molar-refractivity contribution >= 4 is 23.7 Å². The van der Waals surface area contributed by atoms with Crippen LogP contribution in [0.3, 0.4) is 0 Å². The number of nitrogens with zero attached hydrogens (tertiary/aromatic N) is 2. The minimum atomic E-state index is -2.15. The molecule has 1 N–H and O–H groups in total. The highest BCUT2D eigenvalue weighted by Crippen LogP contribution is 2.35. The van der Waals surface area contributed by atoms with Crippen LogP contribution < -0.4 is 5.32 Å². The molecule has 92 valence electrons. The Labute approximate surface area is 100 Å². The maximum absolute atomic E-state index is 10.9. The second kappa shape index (κ2) is 3.91. The summed E-state index contributed by atoms with van der Waals surface area (Å²) in [7, 11) is 0. The van der Waals surface area contributed by atoms with Crippen LogP contribution in [0, 0.1) is 20.2 Å². The molecule has 0 saturated heterocycles. The van der Waals surface area contributed by atoms with Crippen molar-refractivity contribution in [1.29, 1.82) is 0 Å². The molecule has 18 heavy (non-hydrogen) atoms. The molecule has 1 aromatic carbocycles. The normalized spacial score (nSPS) is 20.7. The number of nitro groups is 2. The van der Waals surface area contributed by atoms with Crippen molar-refractivity contribution in [2.75, 3.05) is 5.32 Å². The van der Waals surface area contributed by atoms with Crippen molar-refractivity contribution in [3.8, 4) is 0 Å². The first-order valence-electron chi connectivity index (χ1n) is 4.86. The molecule has 0 saturated carbocycles. The summed E-state index contributed by atoms with van der Waals surface area (Å²) < 4.78 is 0. The molecule has 2 rings (SSSR count). The summed E-state index contributed by atoms with van der Waals surface area (Å²) in [6, 6.07) is 4.23. The Morgan fingerprint density at radius 3 is 2.56 bits per heavy atom. The molecule has 1 heterocycles. The van der Waals surface area contributed by atoms with Gasteiger partial charge < -0.3 is 5.32 Å². The van der Waals surface area contributed by atoms with E-state index in [0.717, 1.165) is 6.08 Å². The van der Waals surface area contributed by atoms with Crippen molar-refractivity contribution < 1.29 is 14.6 Å². The summed E-state index contributed by atoms with van der Waals surface area (Å²) in [5, 5.41) is 24.0. The topological polar surface area (TPSA) is 115 Å². The second-order valence-corrected chi connectivity index (χ2v) is 3.66. The molecule has 1 atom stereocenters. The number of hydrogen-bond donors (Lipinski definition) is 1. The third-order valence-corrected chi connectivity index (χ3v) is 2.60. The zero-order valence-corrected chi connectivity index (χ0v) is 8.90. The lowest BCUT2D eigenvalue weighted by Gasteiger charge is -2.23. The van der Waals surface area contributed by atoms with Gasteiger partial charge in [-0.25, -0.2) is 0 Å². The van der Waals surface area contributed by atoms with E-state index < -0.39 is 15.5 Å². The summed E-state index contributed by atoms with van der Waals surface area (Å²) in [5.74, 6) is 0. The van der Waals surface area contributed by atoms with Crippen molar-refractivity contribution in [3.05, 3.63) is 50.1 Å². The van der Waals surface area contributed by atoms with Gasteiger partial charge in [0.05, 0.1) is 9.85 Å². The predicted molar refractivity (Wildman–Crippen MR) is 61.5 cm³/mol. The number of fused-ring (bicyclic) bond motifs is 1. The Bertz CT molecular complexity index is 583. The molecule has 0 spiro atoms. The van der Waals surface area contributed by atoms with E-state index in [1.165, 1.54) is 18.2 Å². The average Bonchev–Trinajstić information content (AvgIpc) is 2.36. The van der Waals surface area contributed by atoms with Crippen LogP contribution in [0.4, 0.5) is 11.4 Å². The molecule has 8 nitrogen and oxygen atoms in total. The predicted octanol–water partition coefficient (Wildman–Crippen LogP) is 1.21. The van der Waals surface area contributed by atoms with Gasteiger partial charge in [0.1, 0.15) is 5.69 Å². The maximum atomic E-state index is 10.9. The van der Waals surface area contributed by atoms with E-state index >= 15 is 0 Å². The highest BCUT2D eigenvalue weighted by Gasteiger charge is 2.44. The van der Waals surface area contributed by atoms with Gasteiger partial charge in [-0.05, 0) is 6.08 Å². The van der Waals surface area contributed by atoms with Crippen LogP contribution in [0.15, 0.2) is 24.3 Å². The van der Waals surface area contributed by atoms with Crippen LogP contribution in [0.25, 0.3) is 6.08 Å². The Morgan fingerprint density at radius 2 is 2.00 bits per heavy atom. The second-order valence-electron chi connectivity index (χ2n) is 3.66. The van der Waals surface area contributed by atoms with Crippen LogP contribution in [0.1, 0.15) is 5.56 Å². The Morgan fingerprint density at radius 1 is 1.28 bits per heavy atom. The van der Waals surface area contributed by atoms with E-state index in [1.807, 2.05) is 0 Å². The molecular formula is C10H7N3O5. The van der Waals surface area contributed by atoms with Gasteiger partial charge in [-0.3, -0.25) is 25.0 Å². The third-order valence-electron chi connectivity index (χ3n) is 2.60. The lowest BCUT2D eigenvalue weighted by atomic mass is 10.0. The number of aldehydes is 1. The zero-order chi connectivity index (χ0) is 13.3. The van der Waals surface area contributed by atoms with Gasteiger partial charge in [0, 0.05) is 17.7 Å². The minimum absolute atomic E-state index is 0.0335. The Kier molecular flexibility index (Phi) is 2.55. The molecule has 0 aromatic heterocycles. The van der Waals surface area contributed by atoms with E-state index in [9.17, 15) is 25.0 Å². The fourth-order valence-electron chi connectivity index (χ4n) is 1.66. The van der Waals surface area contributed by atoms with Crippen LogP contribution in [0.5, 0.6) is 0 Å². The molecule has 8 heteroatoms. The van der Waals surface area contributed by atoms with Crippen LogP contribution in [-0.4, -0.2) is 21.8 Å². The largest absolute Gasteiger partial charge is 0.369 e. The summed E-state index contributed by atoms with van der Waals surface area (Å²) in [6.45, 7) is 0. The fraction of sp³-hybridized carbons (Fsp3) is 0.100. The van der Waals surface area contributed by atoms with Gasteiger partial charge in [-0.1, -0.05) is 12.1 Å². The maximum Gasteiger partial charge on any atom is 0.369 e. The van der Waals surface area contributed by atoms with Crippen molar-refractivity contribution in [1.82, 2.24) is 0 Å². The molecule has 0 fully saturated rings. The number of carbonyl (C=O) groups excluding carboxylic acids is 1. The highest BCUT2D eigenvalue weighted by atomic mass is 16.6. The molecule has 1 aliphatic rings. The lowest BCUT2D eigenvalue weighted by molar-refractivity contribution is -0.527. The Balaban J connectivity index is 2.60. The molecule has 0 bridgehead atoms. The number of carbonyl (C=O) groups is 1. The van der Waals surface area contributed by atoms with Gasteiger partial charge >= 0.3 is 5.66 Å². The van der Waals surface area contributed by atoms with E-state index in [1.54, 1.807) is 6.07 Å². The molecule has 1 aliphatic heterocycles. The molecule has 0 amide bonds. The number of nitrogens with one attached hydrogen (secondary N) is 1. The number of rotatable bonds is 3. The Hall–Kier alpha value is -2.77. The van der Waals surface area contributed by atoms with E-state index in [-0.39, 0.29) is 17.7 Å². The van der Waals surface area contributed by atoms with Gasteiger partial charge in [-0.15, -0.1) is 0 Å². The van der Waals surface area contributed by atoms with Gasteiger partial charge in [-0.2, -0.15) is 0 Å². The van der Waals surface area contributed by atoms with Gasteiger partial charge in [0.2, 0.25) is 6.29 Å². The molecule has 1 unspecified atom stereocenters. The highest BCUT2D eigenvalue weighted by molar-refractivity contribution is 5.86. The lowest BCUT2D eigenvalue weighted by Crippen LogP contribution is -2.47. The first-order valence-corrected chi connectivity index (χ1v) is 4.86. The van der Waals surface area contributed by atoms with Crippen molar-refractivity contribution in [3.63, 3.8) is 0 Å². The number of hydrogen-bond acceptors (Lipinski definition) is 6. The molecule has 1 aromatic rings. The standard InChI is InChI=1S/C10H7N3O5/c14-6-10(13(17)18)5-4-7-2-1-3-8(12(15)16)9(7)11-10/h1-6,11H. The third kappa shape index (κ3) is 1.59.